The van der Waals surface area contributed by atoms with Gasteiger partial charge in [0, 0.05) is 17.3 Å². The van der Waals surface area contributed by atoms with Crippen LogP contribution in [0.3, 0.4) is 0 Å². The van der Waals surface area contributed by atoms with Gasteiger partial charge in [-0.2, -0.15) is 0 Å². The number of carbonyl (C=O) groups is 1. The molecule has 0 fully saturated rings. The van der Waals surface area contributed by atoms with E-state index in [4.69, 9.17) is 0 Å². The van der Waals surface area contributed by atoms with E-state index in [1.54, 1.807) is 24.4 Å². The van der Waals surface area contributed by atoms with E-state index in [2.05, 4.69) is 4.98 Å². The van der Waals surface area contributed by atoms with E-state index < -0.39 is 17.4 Å². The van der Waals surface area contributed by atoms with Crippen molar-refractivity contribution < 1.29 is 13.6 Å². The summed E-state index contributed by atoms with van der Waals surface area (Å²) in [6.45, 7) is 0. The van der Waals surface area contributed by atoms with Gasteiger partial charge in [-0.05, 0) is 54.6 Å². The van der Waals surface area contributed by atoms with E-state index in [1.807, 2.05) is 6.07 Å². The van der Waals surface area contributed by atoms with Gasteiger partial charge in [0.05, 0.1) is 11.3 Å². The first-order valence-corrected chi connectivity index (χ1v) is 6.66. The molecule has 0 aliphatic carbocycles. The molecule has 0 N–H and O–H groups in total. The minimum Gasteiger partial charge on any atom is -0.288 e. The molecule has 3 rings (SSSR count). The molecule has 1 aromatic heterocycles. The first-order valence-electron chi connectivity index (χ1n) is 6.66. The molecule has 2 aromatic carbocycles. The van der Waals surface area contributed by atoms with E-state index in [0.717, 1.165) is 0 Å². The van der Waals surface area contributed by atoms with Crippen molar-refractivity contribution in [2.24, 2.45) is 0 Å². The van der Waals surface area contributed by atoms with Crippen LogP contribution in [0.1, 0.15) is 15.9 Å². The second kappa shape index (κ2) is 5.85. The molecule has 0 bridgehead atoms. The van der Waals surface area contributed by atoms with Crippen LogP contribution in [0.15, 0.2) is 66.9 Å². The number of hydrogen-bond donors (Lipinski definition) is 0. The number of nitrogens with zero attached hydrogens (tertiary/aromatic N) is 1. The molecule has 0 aliphatic heterocycles. The number of hydrogen-bond acceptors (Lipinski definition) is 2. The molecule has 4 heteroatoms. The van der Waals surface area contributed by atoms with E-state index in [1.165, 1.54) is 36.4 Å². The standard InChI is InChI=1S/C18H11F2NO/c19-14-7-4-12(5-8-14)18(22)15-11-13(6-9-16(15)20)17-3-1-2-10-21-17/h1-11H. The van der Waals surface area contributed by atoms with Gasteiger partial charge < -0.3 is 0 Å². The molecule has 3 aromatic rings. The molecule has 0 unspecified atom stereocenters. The second-order valence-electron chi connectivity index (χ2n) is 4.75. The minimum absolute atomic E-state index is 0.0604. The van der Waals surface area contributed by atoms with Crippen molar-refractivity contribution in [2.75, 3.05) is 0 Å². The van der Waals surface area contributed by atoms with Gasteiger partial charge in [0.1, 0.15) is 11.6 Å². The van der Waals surface area contributed by atoms with Gasteiger partial charge in [-0.15, -0.1) is 0 Å². The van der Waals surface area contributed by atoms with Gasteiger partial charge >= 0.3 is 0 Å². The Kier molecular flexibility index (Phi) is 3.74. The van der Waals surface area contributed by atoms with Crippen LogP contribution in [-0.4, -0.2) is 10.8 Å². The largest absolute Gasteiger partial charge is 0.288 e. The maximum atomic E-state index is 14.0. The average molecular weight is 295 g/mol. The highest BCUT2D eigenvalue weighted by molar-refractivity contribution is 6.09. The predicted octanol–water partition coefficient (Wildman–Crippen LogP) is 4.26. The SMILES string of the molecule is O=C(c1ccc(F)cc1)c1cc(-c2ccccn2)ccc1F. The van der Waals surface area contributed by atoms with Crippen LogP contribution >= 0.6 is 0 Å². The molecular weight excluding hydrogens is 284 g/mol. The fraction of sp³-hybridized carbons (Fsp3) is 0. The zero-order valence-corrected chi connectivity index (χ0v) is 11.5. The third-order valence-corrected chi connectivity index (χ3v) is 3.28. The zero-order chi connectivity index (χ0) is 15.5. The fourth-order valence-corrected chi connectivity index (χ4v) is 2.15. The van der Waals surface area contributed by atoms with E-state index >= 15 is 0 Å². The Morgan fingerprint density at radius 1 is 0.909 bits per heavy atom. The minimum atomic E-state index is -0.617. The van der Waals surface area contributed by atoms with Crippen LogP contribution in [-0.2, 0) is 0 Å². The molecule has 0 aliphatic rings. The van der Waals surface area contributed by atoms with E-state index in [9.17, 15) is 13.6 Å². The summed E-state index contributed by atoms with van der Waals surface area (Å²) in [7, 11) is 0. The highest BCUT2D eigenvalue weighted by Crippen LogP contribution is 2.22. The van der Waals surface area contributed by atoms with Crippen molar-refractivity contribution in [2.45, 2.75) is 0 Å². The monoisotopic (exact) mass is 295 g/mol. The maximum Gasteiger partial charge on any atom is 0.195 e. The van der Waals surface area contributed by atoms with Crippen molar-refractivity contribution in [1.29, 1.82) is 0 Å². The normalized spacial score (nSPS) is 10.5. The summed E-state index contributed by atoms with van der Waals surface area (Å²) < 4.78 is 26.9. The van der Waals surface area contributed by atoms with Crippen molar-refractivity contribution >= 4 is 5.78 Å². The second-order valence-corrected chi connectivity index (χ2v) is 4.75. The average Bonchev–Trinajstić information content (AvgIpc) is 2.56. The van der Waals surface area contributed by atoms with Crippen LogP contribution in [0.25, 0.3) is 11.3 Å². The molecule has 0 radical (unpaired) electrons. The van der Waals surface area contributed by atoms with Crippen molar-refractivity contribution in [3.8, 4) is 11.3 Å². The molecule has 0 saturated heterocycles. The summed E-state index contributed by atoms with van der Waals surface area (Å²) in [5.41, 5.74) is 1.47. The number of pyridine rings is 1. The molecule has 108 valence electrons. The van der Waals surface area contributed by atoms with Gasteiger partial charge in [0.25, 0.3) is 0 Å². The Morgan fingerprint density at radius 3 is 2.36 bits per heavy atom. The highest BCUT2D eigenvalue weighted by atomic mass is 19.1. The highest BCUT2D eigenvalue weighted by Gasteiger charge is 2.15. The first kappa shape index (κ1) is 14.1. The van der Waals surface area contributed by atoms with Gasteiger partial charge in [-0.3, -0.25) is 9.78 Å². The zero-order valence-electron chi connectivity index (χ0n) is 11.5. The number of rotatable bonds is 3. The number of carbonyl (C=O) groups excluding carboxylic acids is 1. The third kappa shape index (κ3) is 2.76. The van der Waals surface area contributed by atoms with Gasteiger partial charge in [0.15, 0.2) is 5.78 Å². The molecule has 2 nitrogen and oxygen atoms in total. The first-order chi connectivity index (χ1) is 10.6. The number of ketones is 1. The molecule has 0 amide bonds. The summed E-state index contributed by atoms with van der Waals surface area (Å²) in [5.74, 6) is -1.55. The summed E-state index contributed by atoms with van der Waals surface area (Å²) in [5, 5.41) is 0. The lowest BCUT2D eigenvalue weighted by Crippen LogP contribution is -2.05. The van der Waals surface area contributed by atoms with Crippen LogP contribution < -0.4 is 0 Å². The Labute approximate surface area is 126 Å². The Balaban J connectivity index is 2.03. The van der Waals surface area contributed by atoms with E-state index in [-0.39, 0.29) is 11.1 Å². The lowest BCUT2D eigenvalue weighted by atomic mass is 9.99. The number of halogens is 2. The van der Waals surface area contributed by atoms with Gasteiger partial charge in [-0.25, -0.2) is 8.78 Å². The lowest BCUT2D eigenvalue weighted by molar-refractivity contribution is 0.103. The van der Waals surface area contributed by atoms with Crippen molar-refractivity contribution in [1.82, 2.24) is 4.98 Å². The Hall–Kier alpha value is -2.88. The third-order valence-electron chi connectivity index (χ3n) is 3.28. The smallest absolute Gasteiger partial charge is 0.195 e. The quantitative estimate of drug-likeness (QED) is 0.676. The maximum absolute atomic E-state index is 14.0. The summed E-state index contributed by atoms with van der Waals surface area (Å²) in [4.78, 5) is 16.6. The molecule has 0 saturated carbocycles. The van der Waals surface area contributed by atoms with Crippen LogP contribution in [0.5, 0.6) is 0 Å². The molecular formula is C18H11F2NO. The topological polar surface area (TPSA) is 30.0 Å². The number of benzene rings is 2. The summed E-state index contributed by atoms with van der Waals surface area (Å²) in [6, 6.07) is 14.7. The summed E-state index contributed by atoms with van der Waals surface area (Å²) in [6.07, 6.45) is 1.63. The van der Waals surface area contributed by atoms with E-state index in [0.29, 0.717) is 11.3 Å². The Morgan fingerprint density at radius 2 is 1.68 bits per heavy atom. The van der Waals surface area contributed by atoms with Crippen molar-refractivity contribution in [3.63, 3.8) is 0 Å². The van der Waals surface area contributed by atoms with Crippen LogP contribution in [0.2, 0.25) is 0 Å². The van der Waals surface area contributed by atoms with Crippen molar-refractivity contribution in [3.05, 3.63) is 89.6 Å². The van der Waals surface area contributed by atoms with Crippen LogP contribution in [0, 0.1) is 11.6 Å². The molecule has 0 atom stereocenters. The molecule has 22 heavy (non-hydrogen) atoms. The number of aromatic nitrogens is 1. The fourth-order valence-electron chi connectivity index (χ4n) is 2.15. The van der Waals surface area contributed by atoms with Gasteiger partial charge in [-0.1, -0.05) is 6.07 Å². The molecule has 0 spiro atoms. The molecule has 1 heterocycles. The Bertz CT molecular complexity index is 814. The van der Waals surface area contributed by atoms with Gasteiger partial charge in [0.2, 0.25) is 0 Å². The predicted molar refractivity (Wildman–Crippen MR) is 79.5 cm³/mol. The summed E-state index contributed by atoms with van der Waals surface area (Å²) >= 11 is 0. The van der Waals surface area contributed by atoms with Crippen LogP contribution in [0.4, 0.5) is 8.78 Å². The lowest BCUT2D eigenvalue weighted by Gasteiger charge is -2.06.